The zero-order valence-electron chi connectivity index (χ0n) is 11.8. The molecule has 1 aliphatic heterocycles. The van der Waals surface area contributed by atoms with E-state index < -0.39 is 0 Å². The molecule has 1 aromatic heterocycles. The summed E-state index contributed by atoms with van der Waals surface area (Å²) in [6, 6.07) is 7.55. The quantitative estimate of drug-likeness (QED) is 0.842. The van der Waals surface area contributed by atoms with Gasteiger partial charge in [0.25, 0.3) is 5.91 Å². The highest BCUT2D eigenvalue weighted by atomic mass is 16.5. The van der Waals surface area contributed by atoms with E-state index >= 15 is 0 Å². The molecule has 0 radical (unpaired) electrons. The largest absolute Gasteiger partial charge is 0.497 e. The highest BCUT2D eigenvalue weighted by Crippen LogP contribution is 2.25. The van der Waals surface area contributed by atoms with Crippen molar-refractivity contribution >= 4 is 16.8 Å². The molecule has 0 spiro atoms. The molecular formula is C16H18N2O2. The molecule has 3 rings (SSSR count). The van der Waals surface area contributed by atoms with Gasteiger partial charge in [-0.15, -0.1) is 0 Å². The van der Waals surface area contributed by atoms with Gasteiger partial charge in [0.05, 0.1) is 18.2 Å². The first-order valence-corrected chi connectivity index (χ1v) is 6.94. The van der Waals surface area contributed by atoms with Gasteiger partial charge in [0.1, 0.15) is 5.75 Å². The lowest BCUT2D eigenvalue weighted by Crippen LogP contribution is -2.27. The third-order valence-electron chi connectivity index (χ3n) is 3.77. The third-order valence-corrected chi connectivity index (χ3v) is 3.77. The average molecular weight is 270 g/mol. The van der Waals surface area contributed by atoms with Gasteiger partial charge in [-0.05, 0) is 44.0 Å². The summed E-state index contributed by atoms with van der Waals surface area (Å²) in [5, 5.41) is 0.867. The molecule has 104 valence electrons. The standard InChI is InChI=1S/C16H18N2O2/c1-11-9-14(16(19)18-7-3-4-8-18)13-10-12(20-2)5-6-15(13)17-11/h5-6,9-10H,3-4,7-8H2,1-2H3. The lowest BCUT2D eigenvalue weighted by atomic mass is 10.1. The van der Waals surface area contributed by atoms with Crippen molar-refractivity contribution in [2.24, 2.45) is 0 Å². The van der Waals surface area contributed by atoms with E-state index in [2.05, 4.69) is 4.98 Å². The summed E-state index contributed by atoms with van der Waals surface area (Å²) in [7, 11) is 1.63. The molecule has 0 atom stereocenters. The summed E-state index contributed by atoms with van der Waals surface area (Å²) in [6.07, 6.45) is 2.19. The Kier molecular flexibility index (Phi) is 3.30. The van der Waals surface area contributed by atoms with E-state index in [9.17, 15) is 4.79 Å². The molecule has 20 heavy (non-hydrogen) atoms. The Bertz CT molecular complexity index is 661. The van der Waals surface area contributed by atoms with Crippen molar-refractivity contribution in [3.63, 3.8) is 0 Å². The Morgan fingerprint density at radius 2 is 2.00 bits per heavy atom. The monoisotopic (exact) mass is 270 g/mol. The molecule has 1 saturated heterocycles. The second-order valence-corrected chi connectivity index (χ2v) is 5.19. The molecule has 1 aliphatic rings. The van der Waals surface area contributed by atoms with Gasteiger partial charge in [-0.2, -0.15) is 0 Å². The number of nitrogens with zero attached hydrogens (tertiary/aromatic N) is 2. The van der Waals surface area contributed by atoms with Crippen LogP contribution in [-0.4, -0.2) is 36.0 Å². The normalized spacial score (nSPS) is 14.8. The number of fused-ring (bicyclic) bond motifs is 1. The molecule has 0 aliphatic carbocycles. The first-order valence-electron chi connectivity index (χ1n) is 6.94. The van der Waals surface area contributed by atoms with Crippen molar-refractivity contribution in [3.05, 3.63) is 35.5 Å². The van der Waals surface area contributed by atoms with E-state index in [0.717, 1.165) is 53.8 Å². The average Bonchev–Trinajstić information content (AvgIpc) is 2.99. The molecule has 1 amide bonds. The third kappa shape index (κ3) is 2.22. The number of aryl methyl sites for hydroxylation is 1. The highest BCUT2D eigenvalue weighted by molar-refractivity contribution is 6.06. The van der Waals surface area contributed by atoms with Gasteiger partial charge >= 0.3 is 0 Å². The fourth-order valence-electron chi connectivity index (χ4n) is 2.73. The van der Waals surface area contributed by atoms with Crippen molar-refractivity contribution in [3.8, 4) is 5.75 Å². The summed E-state index contributed by atoms with van der Waals surface area (Å²) in [5.74, 6) is 0.852. The summed E-state index contributed by atoms with van der Waals surface area (Å²) in [6.45, 7) is 3.63. The van der Waals surface area contributed by atoms with Crippen LogP contribution in [0.5, 0.6) is 5.75 Å². The summed E-state index contributed by atoms with van der Waals surface area (Å²) >= 11 is 0. The predicted molar refractivity (Wildman–Crippen MR) is 78.2 cm³/mol. The molecule has 0 N–H and O–H groups in total. The van der Waals surface area contributed by atoms with Crippen molar-refractivity contribution in [2.75, 3.05) is 20.2 Å². The van der Waals surface area contributed by atoms with Crippen LogP contribution in [0.25, 0.3) is 10.9 Å². The minimum Gasteiger partial charge on any atom is -0.497 e. The number of hydrogen-bond acceptors (Lipinski definition) is 3. The summed E-state index contributed by atoms with van der Waals surface area (Å²) in [4.78, 5) is 19.1. The number of amides is 1. The fraction of sp³-hybridized carbons (Fsp3) is 0.375. The van der Waals surface area contributed by atoms with Gasteiger partial charge in [0.15, 0.2) is 0 Å². The van der Waals surface area contributed by atoms with Crippen LogP contribution in [0, 0.1) is 6.92 Å². The molecular weight excluding hydrogens is 252 g/mol. The number of carbonyl (C=O) groups excluding carboxylic acids is 1. The van der Waals surface area contributed by atoms with E-state index in [1.165, 1.54) is 0 Å². The molecule has 0 unspecified atom stereocenters. The molecule has 0 saturated carbocycles. The number of ether oxygens (including phenoxy) is 1. The zero-order chi connectivity index (χ0) is 14.1. The minimum absolute atomic E-state index is 0.103. The van der Waals surface area contributed by atoms with Crippen molar-refractivity contribution in [1.82, 2.24) is 9.88 Å². The summed E-state index contributed by atoms with van der Waals surface area (Å²) in [5.41, 5.74) is 2.44. The number of methoxy groups -OCH3 is 1. The maximum Gasteiger partial charge on any atom is 0.254 e. The van der Waals surface area contributed by atoms with Crippen LogP contribution in [0.1, 0.15) is 28.9 Å². The second kappa shape index (κ2) is 5.12. The molecule has 4 heteroatoms. The Labute approximate surface area is 118 Å². The van der Waals surface area contributed by atoms with Crippen LogP contribution in [0.15, 0.2) is 24.3 Å². The predicted octanol–water partition coefficient (Wildman–Crippen LogP) is 2.79. The molecule has 2 aromatic rings. The first-order chi connectivity index (χ1) is 9.69. The molecule has 1 fully saturated rings. The van der Waals surface area contributed by atoms with Gasteiger partial charge in [-0.25, -0.2) is 0 Å². The fourth-order valence-corrected chi connectivity index (χ4v) is 2.73. The number of pyridine rings is 1. The van der Waals surface area contributed by atoms with Crippen molar-refractivity contribution in [2.45, 2.75) is 19.8 Å². The lowest BCUT2D eigenvalue weighted by Gasteiger charge is -2.17. The number of hydrogen-bond donors (Lipinski definition) is 0. The zero-order valence-corrected chi connectivity index (χ0v) is 11.8. The van der Waals surface area contributed by atoms with Gasteiger partial charge < -0.3 is 9.64 Å². The van der Waals surface area contributed by atoms with Crippen molar-refractivity contribution in [1.29, 1.82) is 0 Å². The number of likely N-dealkylation sites (tertiary alicyclic amines) is 1. The molecule has 0 bridgehead atoms. The van der Waals surface area contributed by atoms with Crippen LogP contribution < -0.4 is 4.74 Å². The van der Waals surface area contributed by atoms with E-state index in [1.807, 2.05) is 36.1 Å². The van der Waals surface area contributed by atoms with Gasteiger partial charge in [-0.3, -0.25) is 9.78 Å². The number of aromatic nitrogens is 1. The smallest absolute Gasteiger partial charge is 0.254 e. The Balaban J connectivity index is 2.14. The number of rotatable bonds is 2. The Morgan fingerprint density at radius 3 is 2.70 bits per heavy atom. The molecule has 2 heterocycles. The highest BCUT2D eigenvalue weighted by Gasteiger charge is 2.22. The number of benzene rings is 1. The second-order valence-electron chi connectivity index (χ2n) is 5.19. The number of carbonyl (C=O) groups is 1. The maximum absolute atomic E-state index is 12.7. The van der Waals surface area contributed by atoms with Gasteiger partial charge in [0, 0.05) is 24.2 Å². The van der Waals surface area contributed by atoms with Crippen LogP contribution in [0.2, 0.25) is 0 Å². The van der Waals surface area contributed by atoms with Gasteiger partial charge in [0.2, 0.25) is 0 Å². The van der Waals surface area contributed by atoms with E-state index in [-0.39, 0.29) is 5.91 Å². The van der Waals surface area contributed by atoms with Crippen LogP contribution in [0.3, 0.4) is 0 Å². The van der Waals surface area contributed by atoms with E-state index in [4.69, 9.17) is 4.74 Å². The van der Waals surface area contributed by atoms with Crippen LogP contribution in [-0.2, 0) is 0 Å². The van der Waals surface area contributed by atoms with E-state index in [1.54, 1.807) is 7.11 Å². The minimum atomic E-state index is 0.103. The van der Waals surface area contributed by atoms with Crippen molar-refractivity contribution < 1.29 is 9.53 Å². The Hall–Kier alpha value is -2.10. The molecule has 1 aromatic carbocycles. The Morgan fingerprint density at radius 1 is 1.25 bits per heavy atom. The SMILES string of the molecule is COc1ccc2nc(C)cc(C(=O)N3CCCC3)c2c1. The first kappa shape index (κ1) is 12.9. The summed E-state index contributed by atoms with van der Waals surface area (Å²) < 4.78 is 5.26. The van der Waals surface area contributed by atoms with E-state index in [0.29, 0.717) is 0 Å². The topological polar surface area (TPSA) is 42.4 Å². The molecule has 4 nitrogen and oxygen atoms in total. The maximum atomic E-state index is 12.7. The van der Waals surface area contributed by atoms with Crippen LogP contribution in [0.4, 0.5) is 0 Å². The van der Waals surface area contributed by atoms with Crippen LogP contribution >= 0.6 is 0 Å². The lowest BCUT2D eigenvalue weighted by molar-refractivity contribution is 0.0794. The van der Waals surface area contributed by atoms with Gasteiger partial charge in [-0.1, -0.05) is 0 Å².